The summed E-state index contributed by atoms with van der Waals surface area (Å²) in [6.07, 6.45) is 3.44. The van der Waals surface area contributed by atoms with Gasteiger partial charge in [0.05, 0.1) is 11.6 Å². The van der Waals surface area contributed by atoms with Crippen LogP contribution in [0.1, 0.15) is 51.5 Å². The van der Waals surface area contributed by atoms with Crippen LogP contribution in [-0.2, 0) is 6.42 Å². The first-order valence-corrected chi connectivity index (χ1v) is 16.0. The predicted molar refractivity (Wildman–Crippen MR) is 165 cm³/mol. The Kier molecular flexibility index (Phi) is 6.74. The maximum Gasteiger partial charge on any atom is 0.319 e. The summed E-state index contributed by atoms with van der Waals surface area (Å²) < 4.78 is 59.1. The molecule has 4 aromatic rings. The molecule has 0 saturated carbocycles. The van der Waals surface area contributed by atoms with Crippen LogP contribution in [0.4, 0.5) is 19.0 Å². The minimum absolute atomic E-state index is 0.00570. The molecule has 0 radical (unpaired) electrons. The van der Waals surface area contributed by atoms with E-state index in [-0.39, 0.29) is 47.1 Å². The van der Waals surface area contributed by atoms with Gasteiger partial charge in [-0.3, -0.25) is 4.90 Å². The lowest BCUT2D eigenvalue weighted by Crippen LogP contribution is -2.45. The van der Waals surface area contributed by atoms with Crippen molar-refractivity contribution in [1.82, 2.24) is 19.9 Å². The fourth-order valence-electron chi connectivity index (χ4n) is 8.20. The number of aromatic hydroxyl groups is 1. The van der Waals surface area contributed by atoms with Crippen LogP contribution in [0.5, 0.6) is 17.6 Å². The second-order valence-electron chi connectivity index (χ2n) is 13.3. The Hall–Kier alpha value is -3.86. The molecule has 3 saturated heterocycles. The minimum atomic E-state index is -0.909. The number of alkyl halides is 1. The van der Waals surface area contributed by atoms with E-state index < -0.39 is 23.3 Å². The second-order valence-corrected chi connectivity index (χ2v) is 13.3. The van der Waals surface area contributed by atoms with Crippen LogP contribution in [0.3, 0.4) is 0 Å². The molecule has 0 bridgehead atoms. The smallest absolute Gasteiger partial charge is 0.319 e. The van der Waals surface area contributed by atoms with Gasteiger partial charge in [0.25, 0.3) is 0 Å². The van der Waals surface area contributed by atoms with Crippen molar-refractivity contribution in [3.63, 3.8) is 0 Å². The molecule has 3 fully saturated rings. The Morgan fingerprint density at radius 2 is 2.00 bits per heavy atom. The van der Waals surface area contributed by atoms with E-state index in [9.17, 15) is 9.50 Å². The van der Waals surface area contributed by atoms with Crippen molar-refractivity contribution in [2.24, 2.45) is 5.92 Å². The van der Waals surface area contributed by atoms with Gasteiger partial charge >= 0.3 is 6.01 Å². The highest BCUT2D eigenvalue weighted by Crippen LogP contribution is 2.45. The molecule has 4 aliphatic rings. The maximum absolute atomic E-state index is 17.0. The molecule has 8 rings (SSSR count). The molecule has 0 spiro atoms. The first-order chi connectivity index (χ1) is 21.7. The van der Waals surface area contributed by atoms with E-state index in [0.717, 1.165) is 32.2 Å². The highest BCUT2D eigenvalue weighted by molar-refractivity contribution is 6.03. The number of pyridine rings is 1. The Bertz CT molecular complexity index is 1840. The molecule has 4 aliphatic heterocycles. The van der Waals surface area contributed by atoms with E-state index in [2.05, 4.69) is 21.7 Å². The van der Waals surface area contributed by atoms with Crippen LogP contribution >= 0.6 is 0 Å². The Morgan fingerprint density at radius 3 is 2.84 bits per heavy atom. The van der Waals surface area contributed by atoms with Gasteiger partial charge in [-0.1, -0.05) is 19.9 Å². The number of aromatic nitrogens is 3. The van der Waals surface area contributed by atoms with Gasteiger partial charge < -0.3 is 19.5 Å². The zero-order chi connectivity index (χ0) is 31.0. The van der Waals surface area contributed by atoms with Crippen molar-refractivity contribution >= 4 is 27.5 Å². The highest BCUT2D eigenvalue weighted by Gasteiger charge is 2.49. The van der Waals surface area contributed by atoms with Crippen molar-refractivity contribution in [2.45, 2.75) is 70.1 Å². The fraction of sp³-hybridized carbons (Fsp3) is 0.500. The number of rotatable bonds is 5. The third-order valence-electron chi connectivity index (χ3n) is 10.4. The zero-order valence-electron chi connectivity index (χ0n) is 25.5. The number of phenolic OH excluding ortho intramolecular Hbond substituents is 1. The number of ether oxygens (including phenoxy) is 2. The summed E-state index contributed by atoms with van der Waals surface area (Å²) in [5.41, 5.74) is 0.109. The van der Waals surface area contributed by atoms with Crippen molar-refractivity contribution in [3.8, 4) is 28.9 Å². The number of benzene rings is 2. The fourth-order valence-corrected chi connectivity index (χ4v) is 8.20. The molecular weight excluding hydrogens is 583 g/mol. The topological polar surface area (TPSA) is 83.8 Å². The highest BCUT2D eigenvalue weighted by atomic mass is 19.1. The standard InChI is InChI=1S/C34H36F3N5O3/c1-3-23-25(36)6-5-19-12-22(43)13-24(26(19)23)29-28(37)30-27-31(42-10-7-18(2)11-21(42)16-44-32(27)38-29)40-33(39-30)45-17-34-8-4-9-41(34)15-20(35)14-34/h5-6,12-13,18,20-21,43H,3-4,7-11,14-17H2,1-2H3/t18?,20-,21+,34+/m1/s1. The van der Waals surface area contributed by atoms with Crippen LogP contribution < -0.4 is 14.4 Å². The number of phenols is 1. The van der Waals surface area contributed by atoms with Crippen molar-refractivity contribution in [1.29, 1.82) is 0 Å². The van der Waals surface area contributed by atoms with Gasteiger partial charge in [0.15, 0.2) is 5.82 Å². The molecular formula is C34H36F3N5O3. The third kappa shape index (κ3) is 4.56. The van der Waals surface area contributed by atoms with E-state index in [1.807, 2.05) is 6.92 Å². The lowest BCUT2D eigenvalue weighted by molar-refractivity contribution is 0.107. The molecule has 236 valence electrons. The first kappa shape index (κ1) is 28.6. The number of aryl methyl sites for hydroxylation is 1. The van der Waals surface area contributed by atoms with E-state index in [4.69, 9.17) is 19.4 Å². The predicted octanol–water partition coefficient (Wildman–Crippen LogP) is 6.34. The molecule has 4 atom stereocenters. The normalized spacial score (nSPS) is 26.2. The van der Waals surface area contributed by atoms with Gasteiger partial charge in [0.1, 0.15) is 53.4 Å². The van der Waals surface area contributed by atoms with Gasteiger partial charge in [-0.15, -0.1) is 0 Å². The summed E-state index contributed by atoms with van der Waals surface area (Å²) in [7, 11) is 0. The van der Waals surface area contributed by atoms with Crippen LogP contribution in [0.15, 0.2) is 24.3 Å². The number of fused-ring (bicyclic) bond motifs is 4. The van der Waals surface area contributed by atoms with Crippen LogP contribution in [-0.4, -0.2) is 75.6 Å². The van der Waals surface area contributed by atoms with E-state index >= 15 is 8.78 Å². The molecule has 1 unspecified atom stereocenters. The van der Waals surface area contributed by atoms with Crippen molar-refractivity contribution in [2.75, 3.05) is 37.7 Å². The first-order valence-electron chi connectivity index (χ1n) is 16.0. The number of hydrogen-bond acceptors (Lipinski definition) is 8. The number of hydrogen-bond donors (Lipinski definition) is 1. The molecule has 2 aromatic heterocycles. The summed E-state index contributed by atoms with van der Waals surface area (Å²) >= 11 is 0. The summed E-state index contributed by atoms with van der Waals surface area (Å²) in [6.45, 7) is 6.50. The third-order valence-corrected chi connectivity index (χ3v) is 10.4. The molecule has 2 aromatic carbocycles. The summed E-state index contributed by atoms with van der Waals surface area (Å²) in [6, 6.07) is 5.88. The van der Waals surface area contributed by atoms with E-state index in [0.29, 0.717) is 66.0 Å². The number of piperidine rings is 1. The molecule has 11 heteroatoms. The molecule has 1 N–H and O–H groups in total. The average Bonchev–Trinajstić information content (AvgIpc) is 3.49. The summed E-state index contributed by atoms with van der Waals surface area (Å²) in [4.78, 5) is 18.5. The Morgan fingerprint density at radius 1 is 1.13 bits per heavy atom. The maximum atomic E-state index is 17.0. The van der Waals surface area contributed by atoms with Crippen LogP contribution in [0.2, 0.25) is 0 Å². The number of halogens is 3. The molecule has 45 heavy (non-hydrogen) atoms. The molecule has 6 heterocycles. The Balaban J connectivity index is 1.32. The van der Waals surface area contributed by atoms with Gasteiger partial charge in [-0.2, -0.15) is 9.97 Å². The second kappa shape index (κ2) is 10.6. The van der Waals surface area contributed by atoms with E-state index in [1.54, 1.807) is 6.07 Å². The lowest BCUT2D eigenvalue weighted by atomic mass is 9.92. The lowest BCUT2D eigenvalue weighted by Gasteiger charge is -2.38. The monoisotopic (exact) mass is 619 g/mol. The quantitative estimate of drug-likeness (QED) is 0.277. The van der Waals surface area contributed by atoms with Crippen molar-refractivity contribution < 1.29 is 27.8 Å². The van der Waals surface area contributed by atoms with Gasteiger partial charge in [0, 0.05) is 25.1 Å². The van der Waals surface area contributed by atoms with E-state index in [1.165, 1.54) is 18.2 Å². The van der Waals surface area contributed by atoms with Crippen molar-refractivity contribution in [3.05, 3.63) is 41.5 Å². The largest absolute Gasteiger partial charge is 0.508 e. The SMILES string of the molecule is CCc1c(F)ccc2cc(O)cc(-c3nc4c5c(nc(OC[C@@]67CCCN6C[C@H](F)C7)nc5c3F)N3CCC(C)C[C@H]3CO4)c12. The van der Waals surface area contributed by atoms with Gasteiger partial charge in [-0.05, 0) is 79.1 Å². The number of nitrogens with zero attached hydrogens (tertiary/aromatic N) is 5. The van der Waals surface area contributed by atoms with Gasteiger partial charge in [0.2, 0.25) is 5.88 Å². The Labute approximate surface area is 259 Å². The van der Waals surface area contributed by atoms with Crippen LogP contribution in [0.25, 0.3) is 32.9 Å². The zero-order valence-corrected chi connectivity index (χ0v) is 25.5. The average molecular weight is 620 g/mol. The van der Waals surface area contributed by atoms with Crippen LogP contribution in [0, 0.1) is 17.6 Å². The van der Waals surface area contributed by atoms with Gasteiger partial charge in [-0.25, -0.2) is 18.2 Å². The number of anilines is 1. The summed E-state index contributed by atoms with van der Waals surface area (Å²) in [5, 5.41) is 12.1. The summed E-state index contributed by atoms with van der Waals surface area (Å²) in [5.74, 6) is -0.0731. The molecule has 0 amide bonds. The molecule has 8 nitrogen and oxygen atoms in total. The minimum Gasteiger partial charge on any atom is -0.508 e. The molecule has 0 aliphatic carbocycles.